The number of ether oxygens (including phenoxy) is 1. The van der Waals surface area contributed by atoms with Gasteiger partial charge in [0.1, 0.15) is 6.61 Å². The molecule has 2 unspecified atom stereocenters. The molecule has 1 saturated heterocycles. The van der Waals surface area contributed by atoms with Crippen LogP contribution < -0.4 is 10.2 Å². The number of amides is 1. The largest absolute Gasteiger partial charge is 0.447 e. The van der Waals surface area contributed by atoms with Gasteiger partial charge in [0.25, 0.3) is 0 Å². The summed E-state index contributed by atoms with van der Waals surface area (Å²) in [7, 11) is 0. The minimum absolute atomic E-state index is 0.109. The zero-order chi connectivity index (χ0) is 12.4. The van der Waals surface area contributed by atoms with E-state index in [1.807, 2.05) is 36.5 Å². The first-order valence-electron chi connectivity index (χ1n) is 6.27. The van der Waals surface area contributed by atoms with E-state index in [-0.39, 0.29) is 12.1 Å². The quantitative estimate of drug-likeness (QED) is 0.866. The maximum Gasteiger partial charge on any atom is 0.414 e. The molecule has 2 heterocycles. The van der Waals surface area contributed by atoms with E-state index in [4.69, 9.17) is 4.74 Å². The summed E-state index contributed by atoms with van der Waals surface area (Å²) in [5, 5.41) is 3.18. The SMILES string of the molecule is O=C1OCC(C2C=CNCC2)N1c1ccccc1. The van der Waals surface area contributed by atoms with E-state index >= 15 is 0 Å². The van der Waals surface area contributed by atoms with Crippen LogP contribution in [0.25, 0.3) is 0 Å². The molecule has 2 aliphatic rings. The van der Waals surface area contributed by atoms with Crippen molar-refractivity contribution >= 4 is 11.8 Å². The average molecular weight is 244 g/mol. The summed E-state index contributed by atoms with van der Waals surface area (Å²) in [5.74, 6) is 0.359. The number of anilines is 1. The predicted octanol–water partition coefficient (Wildman–Crippen LogP) is 2.13. The molecule has 0 spiro atoms. The van der Waals surface area contributed by atoms with Gasteiger partial charge in [-0.2, -0.15) is 0 Å². The molecule has 1 N–H and O–H groups in total. The number of benzene rings is 1. The minimum Gasteiger partial charge on any atom is -0.447 e. The zero-order valence-corrected chi connectivity index (χ0v) is 10.1. The Morgan fingerprint density at radius 3 is 2.83 bits per heavy atom. The molecule has 4 heteroatoms. The molecule has 0 radical (unpaired) electrons. The van der Waals surface area contributed by atoms with Gasteiger partial charge in [-0.05, 0) is 24.8 Å². The van der Waals surface area contributed by atoms with Crippen LogP contribution in [0.2, 0.25) is 0 Å². The van der Waals surface area contributed by atoms with Gasteiger partial charge >= 0.3 is 6.09 Å². The Labute approximate surface area is 106 Å². The van der Waals surface area contributed by atoms with E-state index in [1.54, 1.807) is 4.90 Å². The number of rotatable bonds is 2. The molecule has 0 aliphatic carbocycles. The number of carbonyl (C=O) groups excluding carboxylic acids is 1. The van der Waals surface area contributed by atoms with Crippen molar-refractivity contribution in [1.29, 1.82) is 0 Å². The molecular weight excluding hydrogens is 228 g/mol. The highest BCUT2D eigenvalue weighted by molar-refractivity contribution is 5.90. The predicted molar refractivity (Wildman–Crippen MR) is 69.3 cm³/mol. The van der Waals surface area contributed by atoms with Crippen LogP contribution in [0.1, 0.15) is 6.42 Å². The summed E-state index contributed by atoms with van der Waals surface area (Å²) in [4.78, 5) is 13.7. The lowest BCUT2D eigenvalue weighted by molar-refractivity contribution is 0.177. The summed E-state index contributed by atoms with van der Waals surface area (Å²) >= 11 is 0. The van der Waals surface area contributed by atoms with Crippen LogP contribution in [0.4, 0.5) is 10.5 Å². The van der Waals surface area contributed by atoms with Gasteiger partial charge in [-0.25, -0.2) is 4.79 Å². The van der Waals surface area contributed by atoms with Gasteiger partial charge in [0, 0.05) is 18.2 Å². The summed E-state index contributed by atoms with van der Waals surface area (Å²) in [5.41, 5.74) is 0.914. The van der Waals surface area contributed by atoms with Crippen molar-refractivity contribution in [2.24, 2.45) is 5.92 Å². The highest BCUT2D eigenvalue weighted by Gasteiger charge is 2.38. The van der Waals surface area contributed by atoms with Gasteiger partial charge in [0.15, 0.2) is 0 Å². The maximum atomic E-state index is 11.9. The first kappa shape index (κ1) is 11.1. The number of hydrogen-bond acceptors (Lipinski definition) is 3. The molecular formula is C14H16N2O2. The zero-order valence-electron chi connectivity index (χ0n) is 10.1. The number of nitrogens with one attached hydrogen (secondary N) is 1. The molecule has 1 amide bonds. The third kappa shape index (κ3) is 1.94. The molecule has 94 valence electrons. The summed E-state index contributed by atoms with van der Waals surface area (Å²) in [6, 6.07) is 9.84. The van der Waals surface area contributed by atoms with Crippen LogP contribution >= 0.6 is 0 Å². The van der Waals surface area contributed by atoms with Gasteiger partial charge in [-0.1, -0.05) is 24.3 Å². The normalized spacial score (nSPS) is 26.9. The lowest BCUT2D eigenvalue weighted by Gasteiger charge is -2.29. The number of cyclic esters (lactones) is 1. The maximum absolute atomic E-state index is 11.9. The molecule has 1 aromatic rings. The first-order chi connectivity index (χ1) is 8.86. The van der Waals surface area contributed by atoms with E-state index in [1.165, 1.54) is 0 Å². The van der Waals surface area contributed by atoms with E-state index < -0.39 is 0 Å². The number of para-hydroxylation sites is 1. The van der Waals surface area contributed by atoms with Crippen LogP contribution in [0.3, 0.4) is 0 Å². The van der Waals surface area contributed by atoms with E-state index in [0.717, 1.165) is 18.7 Å². The highest BCUT2D eigenvalue weighted by atomic mass is 16.6. The molecule has 0 saturated carbocycles. The lowest BCUT2D eigenvalue weighted by atomic mass is 9.94. The van der Waals surface area contributed by atoms with Crippen LogP contribution in [0, 0.1) is 5.92 Å². The Kier molecular flexibility index (Phi) is 2.92. The van der Waals surface area contributed by atoms with Crippen molar-refractivity contribution in [3.05, 3.63) is 42.6 Å². The standard InChI is InChI=1S/C14H16N2O2/c17-14-16(12-4-2-1-3-5-12)13(10-18-14)11-6-8-15-9-7-11/h1-6,8,11,13,15H,7,9-10H2. The Morgan fingerprint density at radius 2 is 2.11 bits per heavy atom. The highest BCUT2D eigenvalue weighted by Crippen LogP contribution is 2.29. The lowest BCUT2D eigenvalue weighted by Crippen LogP contribution is -2.40. The Balaban J connectivity index is 1.87. The van der Waals surface area contributed by atoms with E-state index in [0.29, 0.717) is 12.5 Å². The molecule has 0 bridgehead atoms. The first-order valence-corrected chi connectivity index (χ1v) is 6.27. The third-order valence-corrected chi connectivity index (χ3v) is 3.52. The van der Waals surface area contributed by atoms with Crippen molar-refractivity contribution in [2.75, 3.05) is 18.1 Å². The fourth-order valence-electron chi connectivity index (χ4n) is 2.58. The topological polar surface area (TPSA) is 41.6 Å². The Morgan fingerprint density at radius 1 is 1.28 bits per heavy atom. The smallest absolute Gasteiger partial charge is 0.414 e. The van der Waals surface area contributed by atoms with Gasteiger partial charge in [0.05, 0.1) is 6.04 Å². The average Bonchev–Trinajstić information content (AvgIpc) is 2.83. The molecule has 2 atom stereocenters. The van der Waals surface area contributed by atoms with Crippen molar-refractivity contribution in [1.82, 2.24) is 5.32 Å². The molecule has 0 aromatic heterocycles. The fraction of sp³-hybridized carbons (Fsp3) is 0.357. The van der Waals surface area contributed by atoms with Gasteiger partial charge < -0.3 is 10.1 Å². The van der Waals surface area contributed by atoms with Gasteiger partial charge in [0.2, 0.25) is 0 Å². The van der Waals surface area contributed by atoms with E-state index in [9.17, 15) is 4.79 Å². The summed E-state index contributed by atoms with van der Waals surface area (Å²) in [6.45, 7) is 1.43. The molecule has 2 aliphatic heterocycles. The number of carbonyl (C=O) groups is 1. The van der Waals surface area contributed by atoms with Crippen molar-refractivity contribution < 1.29 is 9.53 Å². The van der Waals surface area contributed by atoms with Crippen molar-refractivity contribution in [3.63, 3.8) is 0 Å². The summed E-state index contributed by atoms with van der Waals surface area (Å²) in [6.07, 6.45) is 4.89. The van der Waals surface area contributed by atoms with Crippen LogP contribution in [-0.2, 0) is 4.74 Å². The van der Waals surface area contributed by atoms with E-state index in [2.05, 4.69) is 11.4 Å². The number of nitrogens with zero attached hydrogens (tertiary/aromatic N) is 1. The van der Waals surface area contributed by atoms with Gasteiger partial charge in [-0.15, -0.1) is 0 Å². The molecule has 3 rings (SSSR count). The van der Waals surface area contributed by atoms with Crippen LogP contribution in [0.15, 0.2) is 42.6 Å². The second-order valence-electron chi connectivity index (χ2n) is 4.62. The fourth-order valence-corrected chi connectivity index (χ4v) is 2.58. The third-order valence-electron chi connectivity index (χ3n) is 3.52. The Hall–Kier alpha value is -1.97. The van der Waals surface area contributed by atoms with Gasteiger partial charge in [-0.3, -0.25) is 4.90 Å². The molecule has 18 heavy (non-hydrogen) atoms. The molecule has 1 aromatic carbocycles. The van der Waals surface area contributed by atoms with Crippen molar-refractivity contribution in [3.8, 4) is 0 Å². The second kappa shape index (κ2) is 4.72. The second-order valence-corrected chi connectivity index (χ2v) is 4.62. The summed E-state index contributed by atoms with van der Waals surface area (Å²) < 4.78 is 5.22. The van der Waals surface area contributed by atoms with Crippen LogP contribution in [-0.4, -0.2) is 25.3 Å². The molecule has 1 fully saturated rings. The molecule has 4 nitrogen and oxygen atoms in total. The van der Waals surface area contributed by atoms with Crippen molar-refractivity contribution in [2.45, 2.75) is 12.5 Å². The minimum atomic E-state index is -0.238. The van der Waals surface area contributed by atoms with Crippen LogP contribution in [0.5, 0.6) is 0 Å². The number of hydrogen-bond donors (Lipinski definition) is 1. The monoisotopic (exact) mass is 244 g/mol. The Bertz CT molecular complexity index is 458.